The van der Waals surface area contributed by atoms with Gasteiger partial charge in [0.05, 0.1) is 5.69 Å². The van der Waals surface area contributed by atoms with E-state index in [9.17, 15) is 0 Å². The number of fused-ring (bicyclic) bond motifs is 6. The van der Waals surface area contributed by atoms with E-state index in [1.54, 1.807) is 0 Å². The van der Waals surface area contributed by atoms with E-state index in [0.29, 0.717) is 0 Å². The van der Waals surface area contributed by atoms with E-state index in [1.165, 1.54) is 81.8 Å². The Morgan fingerprint density at radius 1 is 0.340 bits per heavy atom. The summed E-state index contributed by atoms with van der Waals surface area (Å²) in [5.74, 6) is 0. The van der Waals surface area contributed by atoms with Gasteiger partial charge in [0.15, 0.2) is 0 Å². The maximum absolute atomic E-state index is 2.45. The lowest BCUT2D eigenvalue weighted by Gasteiger charge is -2.30. The van der Waals surface area contributed by atoms with E-state index in [2.05, 4.69) is 183 Å². The molecule has 9 aromatic carbocycles. The standard InChI is InChI=1S/C46H33N/c1-30-11-9-15-37(25-30)47(38-16-10-12-31(2)26-38)46-42-19-7-5-17-40(42)45(41-18-6-8-20-43(41)46)36-23-24-39-34(28-36)21-22-35-27-32-13-3-4-14-33(32)29-44(35)39/h3-29H,1-2H3. The van der Waals surface area contributed by atoms with Crippen LogP contribution in [0.15, 0.2) is 164 Å². The van der Waals surface area contributed by atoms with Gasteiger partial charge >= 0.3 is 0 Å². The van der Waals surface area contributed by atoms with Crippen LogP contribution in [0.25, 0.3) is 65.0 Å². The molecule has 9 rings (SSSR count). The van der Waals surface area contributed by atoms with Crippen LogP contribution in [0.1, 0.15) is 11.1 Å². The van der Waals surface area contributed by atoms with Crippen LogP contribution in [0.3, 0.4) is 0 Å². The molecule has 0 aliphatic carbocycles. The molecule has 0 saturated carbocycles. The van der Waals surface area contributed by atoms with Crippen LogP contribution in [-0.4, -0.2) is 0 Å². The minimum atomic E-state index is 1.16. The van der Waals surface area contributed by atoms with E-state index < -0.39 is 0 Å². The number of aryl methyl sites for hydroxylation is 2. The first-order chi connectivity index (χ1) is 23.1. The van der Waals surface area contributed by atoms with Gasteiger partial charge < -0.3 is 4.90 Å². The topological polar surface area (TPSA) is 3.24 Å². The second-order valence-electron chi connectivity index (χ2n) is 12.8. The quantitative estimate of drug-likeness (QED) is 0.144. The van der Waals surface area contributed by atoms with E-state index in [-0.39, 0.29) is 0 Å². The maximum Gasteiger partial charge on any atom is 0.0618 e. The lowest BCUT2D eigenvalue weighted by atomic mass is 9.88. The molecule has 0 radical (unpaired) electrons. The van der Waals surface area contributed by atoms with Gasteiger partial charge in [-0.2, -0.15) is 0 Å². The Hall–Kier alpha value is -5.92. The van der Waals surface area contributed by atoms with Crippen molar-refractivity contribution in [2.24, 2.45) is 0 Å². The molecule has 0 bridgehead atoms. The number of rotatable bonds is 4. The molecule has 0 spiro atoms. The fraction of sp³-hybridized carbons (Fsp3) is 0.0435. The summed E-state index contributed by atoms with van der Waals surface area (Å²) in [6.07, 6.45) is 0. The first-order valence-corrected chi connectivity index (χ1v) is 16.3. The normalized spacial score (nSPS) is 11.6. The molecule has 0 heterocycles. The summed E-state index contributed by atoms with van der Waals surface area (Å²) in [4.78, 5) is 2.45. The molecule has 9 aromatic rings. The van der Waals surface area contributed by atoms with Crippen LogP contribution >= 0.6 is 0 Å². The molecule has 0 aliphatic rings. The second kappa shape index (κ2) is 10.9. The average molecular weight is 600 g/mol. The SMILES string of the molecule is Cc1cccc(N(c2cccc(C)c2)c2c3ccccc3c(-c3ccc4c(ccc5cc6ccccc6cc54)c3)c3ccccc23)c1. The molecular weight excluding hydrogens is 567 g/mol. The Morgan fingerprint density at radius 3 is 1.47 bits per heavy atom. The Labute approximate surface area is 275 Å². The predicted octanol–water partition coefficient (Wildman–Crippen LogP) is 13.2. The molecule has 0 unspecified atom stereocenters. The molecule has 0 aliphatic heterocycles. The van der Waals surface area contributed by atoms with Crippen molar-refractivity contribution in [1.29, 1.82) is 0 Å². The third-order valence-electron chi connectivity index (χ3n) is 9.64. The van der Waals surface area contributed by atoms with E-state index >= 15 is 0 Å². The zero-order valence-electron chi connectivity index (χ0n) is 26.5. The summed E-state index contributed by atoms with van der Waals surface area (Å²) in [5.41, 5.74) is 8.50. The molecule has 0 atom stereocenters. The predicted molar refractivity (Wildman–Crippen MR) is 204 cm³/mol. The largest absolute Gasteiger partial charge is 0.309 e. The third kappa shape index (κ3) is 4.55. The Kier molecular flexibility index (Phi) is 6.33. The van der Waals surface area contributed by atoms with Gasteiger partial charge in [0.25, 0.3) is 0 Å². The van der Waals surface area contributed by atoms with Gasteiger partial charge in [-0.05, 0) is 122 Å². The molecule has 222 valence electrons. The molecule has 47 heavy (non-hydrogen) atoms. The minimum Gasteiger partial charge on any atom is -0.309 e. The Balaban J connectivity index is 1.33. The first-order valence-electron chi connectivity index (χ1n) is 16.3. The van der Waals surface area contributed by atoms with Gasteiger partial charge in [-0.15, -0.1) is 0 Å². The van der Waals surface area contributed by atoms with Gasteiger partial charge in [0.1, 0.15) is 0 Å². The van der Waals surface area contributed by atoms with Gasteiger partial charge in [-0.1, -0.05) is 121 Å². The molecular formula is C46H33N. The zero-order chi connectivity index (χ0) is 31.5. The van der Waals surface area contributed by atoms with Crippen LogP contribution in [0.4, 0.5) is 17.1 Å². The highest BCUT2D eigenvalue weighted by Crippen LogP contribution is 2.48. The Morgan fingerprint density at radius 2 is 0.872 bits per heavy atom. The number of hydrogen-bond donors (Lipinski definition) is 0. The van der Waals surface area contributed by atoms with Crippen LogP contribution in [0.5, 0.6) is 0 Å². The highest BCUT2D eigenvalue weighted by atomic mass is 15.1. The fourth-order valence-electron chi connectivity index (χ4n) is 7.51. The van der Waals surface area contributed by atoms with Gasteiger partial charge in [-0.3, -0.25) is 0 Å². The Bertz CT molecular complexity index is 2560. The minimum absolute atomic E-state index is 1.16. The molecule has 0 saturated heterocycles. The van der Waals surface area contributed by atoms with Crippen LogP contribution in [0, 0.1) is 13.8 Å². The summed E-state index contributed by atoms with van der Waals surface area (Å²) < 4.78 is 0. The highest BCUT2D eigenvalue weighted by Gasteiger charge is 2.22. The average Bonchev–Trinajstić information content (AvgIpc) is 3.10. The van der Waals surface area contributed by atoms with Crippen molar-refractivity contribution in [3.63, 3.8) is 0 Å². The van der Waals surface area contributed by atoms with E-state index in [1.807, 2.05) is 0 Å². The smallest absolute Gasteiger partial charge is 0.0618 e. The molecule has 0 fully saturated rings. The fourth-order valence-corrected chi connectivity index (χ4v) is 7.51. The van der Waals surface area contributed by atoms with Crippen LogP contribution < -0.4 is 4.90 Å². The van der Waals surface area contributed by atoms with E-state index in [0.717, 1.165) is 11.4 Å². The van der Waals surface area contributed by atoms with Crippen molar-refractivity contribution < 1.29 is 0 Å². The third-order valence-corrected chi connectivity index (χ3v) is 9.64. The first kappa shape index (κ1) is 27.4. The molecule has 0 N–H and O–H groups in total. The monoisotopic (exact) mass is 599 g/mol. The van der Waals surface area contributed by atoms with Gasteiger partial charge in [0.2, 0.25) is 0 Å². The summed E-state index contributed by atoms with van der Waals surface area (Å²) in [5, 5.41) is 12.6. The highest BCUT2D eigenvalue weighted by molar-refractivity contribution is 6.23. The summed E-state index contributed by atoms with van der Waals surface area (Å²) >= 11 is 0. The number of benzene rings is 9. The molecule has 1 heteroatoms. The molecule has 1 nitrogen and oxygen atoms in total. The van der Waals surface area contributed by atoms with Crippen molar-refractivity contribution in [1.82, 2.24) is 0 Å². The van der Waals surface area contributed by atoms with Crippen molar-refractivity contribution in [3.8, 4) is 11.1 Å². The van der Waals surface area contributed by atoms with Crippen molar-refractivity contribution in [2.45, 2.75) is 13.8 Å². The van der Waals surface area contributed by atoms with E-state index in [4.69, 9.17) is 0 Å². The summed E-state index contributed by atoms with van der Waals surface area (Å²) in [7, 11) is 0. The van der Waals surface area contributed by atoms with Crippen molar-refractivity contribution in [3.05, 3.63) is 175 Å². The van der Waals surface area contributed by atoms with Crippen LogP contribution in [-0.2, 0) is 0 Å². The van der Waals surface area contributed by atoms with Gasteiger partial charge in [-0.25, -0.2) is 0 Å². The summed E-state index contributed by atoms with van der Waals surface area (Å²) in [6.45, 7) is 4.34. The second-order valence-corrected chi connectivity index (χ2v) is 12.8. The number of anilines is 3. The molecule has 0 amide bonds. The zero-order valence-corrected chi connectivity index (χ0v) is 26.5. The number of nitrogens with zero attached hydrogens (tertiary/aromatic N) is 1. The lowest BCUT2D eigenvalue weighted by molar-refractivity contribution is 1.28. The van der Waals surface area contributed by atoms with Crippen LogP contribution in [0.2, 0.25) is 0 Å². The summed E-state index contributed by atoms with van der Waals surface area (Å²) in [6, 6.07) is 60.4. The number of hydrogen-bond acceptors (Lipinski definition) is 1. The lowest BCUT2D eigenvalue weighted by Crippen LogP contribution is -2.12. The molecule has 0 aromatic heterocycles. The van der Waals surface area contributed by atoms with Gasteiger partial charge in [0, 0.05) is 22.1 Å². The maximum atomic E-state index is 2.45. The van der Waals surface area contributed by atoms with Crippen molar-refractivity contribution in [2.75, 3.05) is 4.90 Å². The van der Waals surface area contributed by atoms with Crippen molar-refractivity contribution >= 4 is 70.9 Å².